The van der Waals surface area contributed by atoms with Gasteiger partial charge < -0.3 is 14.2 Å². The molecule has 3 aliphatic rings. The number of imide groups is 2. The first kappa shape index (κ1) is 21.1. The Bertz CT molecular complexity index is 1350. The number of nitrogens with one attached hydrogen (secondary N) is 2. The number of carbonyl (C=O) groups excluding carboxylic acids is 3. The maximum absolute atomic E-state index is 13.3. The lowest BCUT2D eigenvalue weighted by molar-refractivity contribution is -0.153. The van der Waals surface area contributed by atoms with Crippen LogP contribution in [-0.2, 0) is 20.7 Å². The molecule has 3 aliphatic heterocycles. The number of ether oxygens (including phenoxy) is 1. The molecule has 10 nitrogen and oxygen atoms in total. The quantitative estimate of drug-likeness (QED) is 0.507. The van der Waals surface area contributed by atoms with Crippen molar-refractivity contribution in [1.29, 1.82) is 0 Å². The molecule has 2 aromatic heterocycles. The first-order valence-electron chi connectivity index (χ1n) is 10.9. The molecule has 3 atom stereocenters. The number of fused-ring (bicyclic) bond motifs is 5. The monoisotopic (exact) mass is 481 g/mol. The third-order valence-electron chi connectivity index (χ3n) is 6.87. The van der Waals surface area contributed by atoms with Crippen LogP contribution in [0.5, 0.6) is 0 Å². The highest BCUT2D eigenvalue weighted by Crippen LogP contribution is 2.51. The van der Waals surface area contributed by atoms with E-state index in [2.05, 4.69) is 20.8 Å². The van der Waals surface area contributed by atoms with E-state index in [1.165, 1.54) is 0 Å². The molecule has 0 unspecified atom stereocenters. The lowest BCUT2D eigenvalue weighted by atomic mass is 9.66. The first-order valence-corrected chi connectivity index (χ1v) is 11.3. The summed E-state index contributed by atoms with van der Waals surface area (Å²) in [5, 5.41) is 9.74. The van der Waals surface area contributed by atoms with Crippen LogP contribution in [0.25, 0.3) is 22.4 Å². The minimum Gasteiger partial charge on any atom is -0.372 e. The minimum absolute atomic E-state index is 0.0268. The number of carbonyl (C=O) groups is 3. The molecular weight excluding hydrogens is 462 g/mol. The molecule has 2 saturated heterocycles. The summed E-state index contributed by atoms with van der Waals surface area (Å²) in [6.45, 7) is 4.13. The third-order valence-corrected chi connectivity index (χ3v) is 7.22. The van der Waals surface area contributed by atoms with Gasteiger partial charge in [0.1, 0.15) is 10.7 Å². The molecule has 1 spiro atoms. The molecule has 11 heteroatoms. The van der Waals surface area contributed by atoms with E-state index in [0.717, 1.165) is 0 Å². The average Bonchev–Trinajstić information content (AvgIpc) is 3.21. The number of halogens is 1. The molecule has 2 N–H and O–H groups in total. The number of hydrogen-bond donors (Lipinski definition) is 2. The van der Waals surface area contributed by atoms with Crippen molar-refractivity contribution in [2.75, 3.05) is 11.4 Å². The average molecular weight is 482 g/mol. The fraction of sp³-hybridized carbons (Fsp3) is 0.348. The van der Waals surface area contributed by atoms with Crippen LogP contribution in [-0.4, -0.2) is 52.8 Å². The van der Waals surface area contributed by atoms with Crippen molar-refractivity contribution in [3.8, 4) is 11.4 Å². The number of pyridine rings is 1. The summed E-state index contributed by atoms with van der Waals surface area (Å²) < 4.78 is 11.7. The third kappa shape index (κ3) is 2.75. The molecule has 0 bridgehead atoms. The van der Waals surface area contributed by atoms with E-state index in [1.807, 2.05) is 30.9 Å². The predicted molar refractivity (Wildman–Crippen MR) is 121 cm³/mol. The molecular formula is C23H20ClN5O5. The summed E-state index contributed by atoms with van der Waals surface area (Å²) in [6.07, 6.45) is 1.00. The predicted octanol–water partition coefficient (Wildman–Crippen LogP) is 2.43. The van der Waals surface area contributed by atoms with Crippen molar-refractivity contribution >= 4 is 46.1 Å². The second-order valence-corrected chi connectivity index (χ2v) is 9.33. The Labute approximate surface area is 198 Å². The smallest absolute Gasteiger partial charge is 0.328 e. The van der Waals surface area contributed by atoms with Gasteiger partial charge in [-0.25, -0.2) is 4.79 Å². The molecule has 2 fully saturated rings. The van der Waals surface area contributed by atoms with Gasteiger partial charge in [-0.1, -0.05) is 22.8 Å². The molecule has 3 aromatic rings. The number of amides is 4. The summed E-state index contributed by atoms with van der Waals surface area (Å²) in [5.41, 5.74) is 1.28. The van der Waals surface area contributed by atoms with Crippen LogP contribution in [0.3, 0.4) is 0 Å². The summed E-state index contributed by atoms with van der Waals surface area (Å²) in [6, 6.07) is 5.77. The minimum atomic E-state index is -1.58. The SMILES string of the molecule is C[C@@H]1CN2c3c(cc4c(-c5ccccn5)noc4c3Cl)CC3(C(=O)NC(=O)NC3=O)[C@H]2[C@H](C)O1. The highest BCUT2D eigenvalue weighted by atomic mass is 35.5. The van der Waals surface area contributed by atoms with Crippen LogP contribution in [0.2, 0.25) is 5.02 Å². The van der Waals surface area contributed by atoms with Gasteiger partial charge in [0.2, 0.25) is 11.8 Å². The van der Waals surface area contributed by atoms with Gasteiger partial charge in [-0.2, -0.15) is 0 Å². The number of benzene rings is 1. The van der Waals surface area contributed by atoms with E-state index in [0.29, 0.717) is 45.2 Å². The molecule has 0 saturated carbocycles. The van der Waals surface area contributed by atoms with Gasteiger partial charge in [0.15, 0.2) is 11.0 Å². The summed E-state index contributed by atoms with van der Waals surface area (Å²) in [4.78, 5) is 44.8. The van der Waals surface area contributed by atoms with Gasteiger partial charge in [0.25, 0.3) is 0 Å². The molecule has 6 rings (SSSR count). The Hall–Kier alpha value is -3.50. The number of hydrogen-bond acceptors (Lipinski definition) is 8. The molecule has 34 heavy (non-hydrogen) atoms. The number of aromatic nitrogens is 2. The summed E-state index contributed by atoms with van der Waals surface area (Å²) in [7, 11) is 0. The number of anilines is 1. The molecule has 4 amide bonds. The zero-order chi connectivity index (χ0) is 23.8. The largest absolute Gasteiger partial charge is 0.372 e. The van der Waals surface area contributed by atoms with Crippen molar-refractivity contribution in [2.45, 2.75) is 38.5 Å². The molecule has 174 valence electrons. The zero-order valence-electron chi connectivity index (χ0n) is 18.3. The fourth-order valence-electron chi connectivity index (χ4n) is 5.64. The van der Waals surface area contributed by atoms with Crippen LogP contribution in [0.1, 0.15) is 19.4 Å². The number of rotatable bonds is 1. The van der Waals surface area contributed by atoms with Gasteiger partial charge in [0.05, 0.1) is 35.0 Å². The van der Waals surface area contributed by atoms with E-state index >= 15 is 0 Å². The van der Waals surface area contributed by atoms with Crippen molar-refractivity contribution in [3.05, 3.63) is 41.0 Å². The van der Waals surface area contributed by atoms with Crippen molar-refractivity contribution in [2.24, 2.45) is 5.41 Å². The first-order chi connectivity index (χ1) is 16.3. The summed E-state index contributed by atoms with van der Waals surface area (Å²) >= 11 is 6.91. The van der Waals surface area contributed by atoms with Crippen LogP contribution in [0.15, 0.2) is 35.0 Å². The van der Waals surface area contributed by atoms with Gasteiger partial charge in [-0.05, 0) is 44.0 Å². The van der Waals surface area contributed by atoms with E-state index in [9.17, 15) is 14.4 Å². The van der Waals surface area contributed by atoms with Gasteiger partial charge in [-0.15, -0.1) is 0 Å². The summed E-state index contributed by atoms with van der Waals surface area (Å²) in [5.74, 6) is -1.31. The standard InChI is InChI=1S/C23H20ClN5O5/c1-10-9-29-17-12(7-13-16(14-5-3-4-6-25-14)28-34-18(13)15(17)24)8-23(19(29)11(2)33-10)20(30)26-22(32)27-21(23)31/h3-7,10-11,19H,8-9H2,1-2H3,(H2,26,27,30,31,32)/t10-,11+,19-/m1/s1. The van der Waals surface area contributed by atoms with Gasteiger partial charge in [0, 0.05) is 12.7 Å². The van der Waals surface area contributed by atoms with Crippen molar-refractivity contribution in [1.82, 2.24) is 20.8 Å². The van der Waals surface area contributed by atoms with Crippen LogP contribution >= 0.6 is 11.6 Å². The van der Waals surface area contributed by atoms with Crippen LogP contribution in [0, 0.1) is 5.41 Å². The van der Waals surface area contributed by atoms with Crippen molar-refractivity contribution < 1.29 is 23.6 Å². The van der Waals surface area contributed by atoms with Crippen molar-refractivity contribution in [3.63, 3.8) is 0 Å². The molecule has 0 radical (unpaired) electrons. The Kier molecular flexibility index (Phi) is 4.49. The Morgan fingerprint density at radius 2 is 1.94 bits per heavy atom. The van der Waals surface area contributed by atoms with Gasteiger partial charge in [-0.3, -0.25) is 25.2 Å². The topological polar surface area (TPSA) is 127 Å². The molecule has 5 heterocycles. The lowest BCUT2D eigenvalue weighted by Gasteiger charge is -2.55. The fourth-order valence-corrected chi connectivity index (χ4v) is 6.00. The van der Waals surface area contributed by atoms with E-state index in [1.54, 1.807) is 18.3 Å². The lowest BCUT2D eigenvalue weighted by Crippen LogP contribution is -2.75. The Morgan fingerprint density at radius 3 is 2.65 bits per heavy atom. The van der Waals surface area contributed by atoms with E-state index < -0.39 is 35.4 Å². The highest BCUT2D eigenvalue weighted by Gasteiger charge is 2.63. The number of urea groups is 1. The molecule has 1 aromatic carbocycles. The second kappa shape index (κ2) is 7.25. The van der Waals surface area contributed by atoms with Crippen LogP contribution in [0.4, 0.5) is 10.5 Å². The maximum atomic E-state index is 13.3. The second-order valence-electron chi connectivity index (χ2n) is 8.96. The van der Waals surface area contributed by atoms with E-state index in [4.69, 9.17) is 20.9 Å². The number of barbiturate groups is 1. The zero-order valence-corrected chi connectivity index (χ0v) is 19.0. The number of morpholine rings is 1. The number of nitrogens with zero attached hydrogens (tertiary/aromatic N) is 3. The Balaban J connectivity index is 1.61. The normalized spacial score (nSPS) is 25.7. The highest BCUT2D eigenvalue weighted by molar-refractivity contribution is 6.38. The maximum Gasteiger partial charge on any atom is 0.328 e. The van der Waals surface area contributed by atoms with Crippen LogP contribution < -0.4 is 15.5 Å². The van der Waals surface area contributed by atoms with E-state index in [-0.39, 0.29) is 12.5 Å². The molecule has 0 aliphatic carbocycles. The van der Waals surface area contributed by atoms with Gasteiger partial charge >= 0.3 is 6.03 Å². The Morgan fingerprint density at radius 1 is 1.18 bits per heavy atom.